The van der Waals surface area contributed by atoms with Gasteiger partial charge in [-0.25, -0.2) is 0 Å². The summed E-state index contributed by atoms with van der Waals surface area (Å²) in [6.07, 6.45) is 1.77. The lowest BCUT2D eigenvalue weighted by atomic mass is 9.80. The van der Waals surface area contributed by atoms with Gasteiger partial charge in [0.15, 0.2) is 0 Å². The molecule has 0 aliphatic carbocycles. The van der Waals surface area contributed by atoms with Crippen molar-refractivity contribution in [3.8, 4) is 0 Å². The SMILES string of the molecule is Cc1ccc(CN2C(=O)[C@@H]3C[C@@H](O)CN3C3(CN(C4CCOCC4)C3)C2=O)o1. The molecule has 0 saturated carbocycles. The minimum Gasteiger partial charge on any atom is -0.464 e. The summed E-state index contributed by atoms with van der Waals surface area (Å²) in [5, 5.41) is 10.2. The van der Waals surface area contributed by atoms with Crippen molar-refractivity contribution in [3.63, 3.8) is 0 Å². The van der Waals surface area contributed by atoms with Gasteiger partial charge in [-0.2, -0.15) is 0 Å². The number of carbonyl (C=O) groups is 2. The number of hydrogen-bond donors (Lipinski definition) is 1. The highest BCUT2D eigenvalue weighted by Gasteiger charge is 2.64. The number of β-amino-alcohol motifs (C(OH)–C–C–N with tert-alkyl or cyclic N) is 1. The zero-order valence-corrected chi connectivity index (χ0v) is 16.2. The van der Waals surface area contributed by atoms with Crippen LogP contribution in [0.4, 0.5) is 0 Å². The quantitative estimate of drug-likeness (QED) is 0.735. The molecule has 8 nitrogen and oxygen atoms in total. The smallest absolute Gasteiger partial charge is 0.252 e. The molecule has 0 radical (unpaired) electrons. The highest BCUT2D eigenvalue weighted by Crippen LogP contribution is 2.42. The lowest BCUT2D eigenvalue weighted by Crippen LogP contribution is -2.82. The molecule has 1 aromatic rings. The van der Waals surface area contributed by atoms with Crippen LogP contribution in [-0.4, -0.2) is 88.2 Å². The van der Waals surface area contributed by atoms with Crippen LogP contribution in [0.25, 0.3) is 0 Å². The number of aliphatic hydroxyl groups excluding tert-OH is 1. The molecule has 4 saturated heterocycles. The third-order valence-corrected chi connectivity index (χ3v) is 6.77. The van der Waals surface area contributed by atoms with E-state index in [9.17, 15) is 14.7 Å². The standard InChI is InChI=1S/C20H27N3O5/c1-13-2-3-16(28-13)10-22-18(25)17-8-15(24)9-23(17)20(19(22)26)11-21(12-20)14-4-6-27-7-5-14/h2-3,14-15,17,24H,4-12H2,1H3/t15-,17+/m1/s1. The van der Waals surface area contributed by atoms with Crippen molar-refractivity contribution in [2.45, 2.75) is 56.5 Å². The number of aliphatic hydroxyl groups is 1. The summed E-state index contributed by atoms with van der Waals surface area (Å²) in [5.74, 6) is 1.00. The average Bonchev–Trinajstić information content (AvgIpc) is 3.24. The van der Waals surface area contributed by atoms with Crippen LogP contribution in [0.3, 0.4) is 0 Å². The second-order valence-electron chi connectivity index (χ2n) is 8.58. The lowest BCUT2D eigenvalue weighted by Gasteiger charge is -2.60. The largest absolute Gasteiger partial charge is 0.464 e. The van der Waals surface area contributed by atoms with Crippen molar-refractivity contribution >= 4 is 11.8 Å². The monoisotopic (exact) mass is 389 g/mol. The van der Waals surface area contributed by atoms with Crippen molar-refractivity contribution < 1.29 is 23.8 Å². The molecule has 5 heterocycles. The molecule has 5 rings (SSSR count). The van der Waals surface area contributed by atoms with Gasteiger partial charge >= 0.3 is 0 Å². The van der Waals surface area contributed by atoms with Gasteiger partial charge in [0.25, 0.3) is 5.91 Å². The normalized spacial score (nSPS) is 31.4. The number of imide groups is 1. The summed E-state index contributed by atoms with van der Waals surface area (Å²) in [4.78, 5) is 32.3. The summed E-state index contributed by atoms with van der Waals surface area (Å²) in [6.45, 7) is 5.13. The molecule has 28 heavy (non-hydrogen) atoms. The van der Waals surface area contributed by atoms with E-state index in [4.69, 9.17) is 9.15 Å². The van der Waals surface area contributed by atoms with E-state index in [-0.39, 0.29) is 18.4 Å². The zero-order chi connectivity index (χ0) is 19.5. The minimum atomic E-state index is -0.712. The molecule has 2 atom stereocenters. The fourth-order valence-corrected chi connectivity index (χ4v) is 5.30. The molecule has 4 aliphatic rings. The van der Waals surface area contributed by atoms with E-state index < -0.39 is 17.7 Å². The van der Waals surface area contributed by atoms with Gasteiger partial charge in [0.1, 0.15) is 17.1 Å². The third-order valence-electron chi connectivity index (χ3n) is 6.77. The molecule has 152 valence electrons. The Kier molecular flexibility index (Phi) is 4.35. The number of aryl methyl sites for hydroxylation is 1. The Morgan fingerprint density at radius 1 is 1.21 bits per heavy atom. The van der Waals surface area contributed by atoms with E-state index in [2.05, 4.69) is 4.90 Å². The first-order valence-electron chi connectivity index (χ1n) is 10.2. The predicted molar refractivity (Wildman–Crippen MR) is 98.3 cm³/mol. The van der Waals surface area contributed by atoms with Crippen molar-refractivity contribution in [3.05, 3.63) is 23.7 Å². The Labute approximate surface area is 164 Å². The Bertz CT molecular complexity index is 781. The van der Waals surface area contributed by atoms with Crippen molar-refractivity contribution in [1.29, 1.82) is 0 Å². The minimum absolute atomic E-state index is 0.153. The van der Waals surface area contributed by atoms with Crippen LogP contribution < -0.4 is 0 Å². The number of fused-ring (bicyclic) bond motifs is 2. The van der Waals surface area contributed by atoms with Gasteiger partial charge in [0.2, 0.25) is 5.91 Å². The molecule has 8 heteroatoms. The first-order valence-corrected chi connectivity index (χ1v) is 10.2. The number of rotatable bonds is 3. The van der Waals surface area contributed by atoms with Crippen LogP contribution in [0.1, 0.15) is 30.8 Å². The molecule has 2 amide bonds. The second-order valence-corrected chi connectivity index (χ2v) is 8.58. The Hall–Kier alpha value is -1.74. The van der Waals surface area contributed by atoms with Crippen molar-refractivity contribution in [2.24, 2.45) is 0 Å². The van der Waals surface area contributed by atoms with Crippen molar-refractivity contribution in [1.82, 2.24) is 14.7 Å². The van der Waals surface area contributed by atoms with Crippen LogP contribution in [0.5, 0.6) is 0 Å². The number of furan rings is 1. The van der Waals surface area contributed by atoms with E-state index in [1.807, 2.05) is 24.0 Å². The number of hydrogen-bond acceptors (Lipinski definition) is 7. The van der Waals surface area contributed by atoms with Gasteiger partial charge in [-0.1, -0.05) is 0 Å². The Balaban J connectivity index is 1.40. The number of likely N-dealkylation sites (tertiary alicyclic amines) is 1. The number of nitrogens with zero attached hydrogens (tertiary/aromatic N) is 3. The van der Waals surface area contributed by atoms with E-state index in [0.717, 1.165) is 31.8 Å². The average molecular weight is 389 g/mol. The summed E-state index contributed by atoms with van der Waals surface area (Å²) in [5.41, 5.74) is -0.712. The first kappa shape index (κ1) is 18.3. The van der Waals surface area contributed by atoms with Gasteiger partial charge < -0.3 is 14.3 Å². The van der Waals surface area contributed by atoms with Gasteiger partial charge in [-0.15, -0.1) is 0 Å². The molecule has 1 spiro atoms. The molecule has 4 fully saturated rings. The number of piperazine rings is 1. The third kappa shape index (κ3) is 2.74. The molecule has 4 aliphatic heterocycles. The predicted octanol–water partition coefficient (Wildman–Crippen LogP) is 0.125. The molecule has 1 aromatic heterocycles. The van der Waals surface area contributed by atoms with E-state index in [0.29, 0.717) is 37.9 Å². The van der Waals surface area contributed by atoms with E-state index in [1.54, 1.807) is 0 Å². The van der Waals surface area contributed by atoms with Crippen molar-refractivity contribution in [2.75, 3.05) is 32.8 Å². The fraction of sp³-hybridized carbons (Fsp3) is 0.700. The molecule has 0 bridgehead atoms. The van der Waals surface area contributed by atoms with Gasteiger partial charge in [-0.05, 0) is 38.3 Å². The topological polar surface area (TPSA) is 86.5 Å². The number of ether oxygens (including phenoxy) is 1. The van der Waals surface area contributed by atoms with Gasteiger partial charge in [-0.3, -0.25) is 24.3 Å². The summed E-state index contributed by atoms with van der Waals surface area (Å²) >= 11 is 0. The Morgan fingerprint density at radius 3 is 2.64 bits per heavy atom. The molecule has 0 unspecified atom stereocenters. The maximum absolute atomic E-state index is 13.5. The number of carbonyl (C=O) groups excluding carboxylic acids is 2. The Morgan fingerprint density at radius 2 is 1.96 bits per heavy atom. The maximum Gasteiger partial charge on any atom is 0.252 e. The summed E-state index contributed by atoms with van der Waals surface area (Å²) in [7, 11) is 0. The number of amides is 2. The van der Waals surface area contributed by atoms with E-state index >= 15 is 0 Å². The first-order chi connectivity index (χ1) is 13.5. The molecule has 1 N–H and O–H groups in total. The molecular formula is C20H27N3O5. The van der Waals surface area contributed by atoms with Crippen LogP contribution in [0.2, 0.25) is 0 Å². The van der Waals surface area contributed by atoms with Crippen LogP contribution in [-0.2, 0) is 20.9 Å². The fourth-order valence-electron chi connectivity index (χ4n) is 5.30. The highest BCUT2D eigenvalue weighted by atomic mass is 16.5. The van der Waals surface area contributed by atoms with E-state index in [1.165, 1.54) is 4.90 Å². The summed E-state index contributed by atoms with van der Waals surface area (Å²) < 4.78 is 11.1. The zero-order valence-electron chi connectivity index (χ0n) is 16.2. The van der Waals surface area contributed by atoms with Gasteiger partial charge in [0.05, 0.1) is 18.7 Å². The van der Waals surface area contributed by atoms with Crippen LogP contribution in [0.15, 0.2) is 16.5 Å². The lowest BCUT2D eigenvalue weighted by molar-refractivity contribution is -0.185. The summed E-state index contributed by atoms with van der Waals surface area (Å²) in [6, 6.07) is 3.65. The second kappa shape index (κ2) is 6.66. The maximum atomic E-state index is 13.5. The van der Waals surface area contributed by atoms with Crippen LogP contribution in [0, 0.1) is 6.92 Å². The molecular weight excluding hydrogens is 362 g/mol. The molecule has 0 aromatic carbocycles. The van der Waals surface area contributed by atoms with Crippen LogP contribution >= 0.6 is 0 Å². The highest BCUT2D eigenvalue weighted by molar-refractivity contribution is 6.06. The van der Waals surface area contributed by atoms with Gasteiger partial charge in [0, 0.05) is 38.9 Å².